The first kappa shape index (κ1) is 75.7. The molecule has 85 heavy (non-hydrogen) atoms. The van der Waals surface area contributed by atoms with E-state index in [1.54, 1.807) is 41.5 Å². The molecule has 0 aliphatic carbocycles. The molecule has 0 radical (unpaired) electrons. The number of aliphatic imine (C=N–C) groups is 1. The summed E-state index contributed by atoms with van der Waals surface area (Å²) in [6.45, 7) is 16.4. The predicted octanol–water partition coefficient (Wildman–Crippen LogP) is -6.79. The Bertz CT molecular complexity index is 2340. The molecule has 15 atom stereocenters. The van der Waals surface area contributed by atoms with Crippen molar-refractivity contribution < 1.29 is 82.7 Å². The zero-order valence-electron chi connectivity index (χ0n) is 50.7. The predicted molar refractivity (Wildman–Crippen MR) is 306 cm³/mol. The van der Waals surface area contributed by atoms with Crippen LogP contribution in [0.4, 0.5) is 0 Å². The highest BCUT2D eigenvalue weighted by Crippen LogP contribution is 2.16. The fourth-order valence-electron chi connectivity index (χ4n) is 8.52. The van der Waals surface area contributed by atoms with Crippen LogP contribution in [0.15, 0.2) is 4.99 Å². The number of cyclic esters (lactones) is 1. The first-order valence-corrected chi connectivity index (χ1v) is 28.4. The maximum absolute atomic E-state index is 14.8. The van der Waals surface area contributed by atoms with Gasteiger partial charge in [-0.3, -0.25) is 57.7 Å². The lowest BCUT2D eigenvalue weighted by atomic mass is 9.96. The van der Waals surface area contributed by atoms with Crippen LogP contribution >= 0.6 is 0 Å². The van der Waals surface area contributed by atoms with Gasteiger partial charge in [0.25, 0.3) is 0 Å². The van der Waals surface area contributed by atoms with Crippen LogP contribution in [0.5, 0.6) is 0 Å². The summed E-state index contributed by atoms with van der Waals surface area (Å²) in [4.78, 5) is 171. The Labute approximate surface area is 495 Å². The minimum absolute atomic E-state index is 0.0358. The summed E-state index contributed by atoms with van der Waals surface area (Å²) < 4.78 is 5.53. The van der Waals surface area contributed by atoms with Gasteiger partial charge >= 0.3 is 5.97 Å². The fraction of sp³-hybridized carbons (Fsp3) is 0.755. The van der Waals surface area contributed by atoms with Gasteiger partial charge in [-0.05, 0) is 75.5 Å². The average Bonchev–Trinajstić information content (AvgIpc) is 3.54. The maximum Gasteiger partial charge on any atom is 0.331 e. The number of amides is 11. The van der Waals surface area contributed by atoms with Crippen LogP contribution in [0, 0.1) is 29.6 Å². The first-order valence-electron chi connectivity index (χ1n) is 28.4. The van der Waals surface area contributed by atoms with Gasteiger partial charge in [0, 0.05) is 6.54 Å². The highest BCUT2D eigenvalue weighted by molar-refractivity contribution is 6.00. The van der Waals surface area contributed by atoms with Crippen molar-refractivity contribution in [2.45, 2.75) is 206 Å². The molecule has 32 nitrogen and oxygen atoms in total. The molecule has 22 N–H and O–H groups in total. The number of guanidine groups is 1. The third-order valence-corrected chi connectivity index (χ3v) is 13.5. The molecule has 0 bridgehead atoms. The number of aliphatic hydroxyl groups excluding tert-OH is 4. The second-order valence-electron chi connectivity index (χ2n) is 22.9. The molecular formula is C53H95N15O17. The minimum atomic E-state index is -2.55. The number of carbonyl (C=O) groups is 12. The molecule has 0 aromatic carbocycles. The zero-order chi connectivity index (χ0) is 65.3. The molecule has 0 saturated carbocycles. The smallest absolute Gasteiger partial charge is 0.331 e. The van der Waals surface area contributed by atoms with Gasteiger partial charge in [-0.1, -0.05) is 75.7 Å². The van der Waals surface area contributed by atoms with Crippen LogP contribution in [-0.2, 0) is 62.3 Å². The third kappa shape index (κ3) is 25.8. The number of hydrogen-bond donors (Lipinski definition) is 18. The first-order chi connectivity index (χ1) is 39.5. The molecule has 1 aliphatic heterocycles. The van der Waals surface area contributed by atoms with Crippen LogP contribution in [-0.4, -0.2) is 202 Å². The summed E-state index contributed by atoms with van der Waals surface area (Å²) in [5.74, 6) is -16.9. The Balaban J connectivity index is 4.32. The van der Waals surface area contributed by atoms with Crippen LogP contribution in [0.3, 0.4) is 0 Å². The molecule has 32 heteroatoms. The molecule has 1 aliphatic rings. The van der Waals surface area contributed by atoms with Gasteiger partial charge in [-0.25, -0.2) is 4.79 Å². The Morgan fingerprint density at radius 3 is 1.69 bits per heavy atom. The molecule has 484 valence electrons. The second-order valence-corrected chi connectivity index (χ2v) is 22.9. The van der Waals surface area contributed by atoms with Crippen molar-refractivity contribution >= 4 is 76.9 Å². The van der Waals surface area contributed by atoms with Gasteiger partial charge in [0.05, 0.1) is 31.4 Å². The van der Waals surface area contributed by atoms with Crippen LogP contribution < -0.4 is 76.1 Å². The number of ether oxygens (including phenoxy) is 1. The summed E-state index contributed by atoms with van der Waals surface area (Å²) in [5, 5.41) is 67.0. The second kappa shape index (κ2) is 36.5. The van der Waals surface area contributed by atoms with Crippen molar-refractivity contribution in [3.8, 4) is 0 Å². The van der Waals surface area contributed by atoms with E-state index in [1.165, 1.54) is 13.8 Å². The molecular weight excluding hydrogens is 1120 g/mol. The van der Waals surface area contributed by atoms with E-state index in [4.69, 9.17) is 27.7 Å². The van der Waals surface area contributed by atoms with Gasteiger partial charge in [0.15, 0.2) is 18.1 Å². The number of rotatable bonds is 22. The van der Waals surface area contributed by atoms with Crippen molar-refractivity contribution in [3.63, 3.8) is 0 Å². The molecule has 0 spiro atoms. The number of esters is 1. The topological polar surface area (TPSA) is 532 Å². The number of primary amides is 1. The van der Waals surface area contributed by atoms with E-state index >= 15 is 0 Å². The number of hydrogen-bond acceptors (Lipinski definition) is 19. The van der Waals surface area contributed by atoms with Crippen molar-refractivity contribution in [2.24, 2.45) is 57.5 Å². The van der Waals surface area contributed by atoms with Gasteiger partial charge in [-0.2, -0.15) is 0 Å². The Morgan fingerprint density at radius 2 is 1.18 bits per heavy atom. The molecule has 1 fully saturated rings. The lowest BCUT2D eigenvalue weighted by Gasteiger charge is -2.33. The summed E-state index contributed by atoms with van der Waals surface area (Å²) in [7, 11) is 0. The quantitative estimate of drug-likeness (QED) is 0.0207. The van der Waals surface area contributed by atoms with E-state index in [-0.39, 0.29) is 68.8 Å². The normalized spacial score (nSPS) is 25.5. The van der Waals surface area contributed by atoms with Crippen molar-refractivity contribution in [3.05, 3.63) is 0 Å². The van der Waals surface area contributed by atoms with E-state index in [0.717, 1.165) is 13.8 Å². The van der Waals surface area contributed by atoms with E-state index in [1.807, 2.05) is 24.5 Å². The lowest BCUT2D eigenvalue weighted by Crippen LogP contribution is -2.65. The Morgan fingerprint density at radius 1 is 0.647 bits per heavy atom. The standard InChI is InChI=1S/C53H95N15O17/c1-13-26(10)35-48(80)66-36(27(11)70)47(79)59-20-34(71)64-39(41(73)42(55)74)51(83)63-33(21-69)52(84)85-28(12)37(67-46(78)32(19-24(6)7)61-43(75)29(54)17-22(2)3)49(81)68-38(40(72)25(8)9)50(82)62-31(18-23(4)5)45(77)60-30(44(76)65-35)15-14-16-58-53(56)57/h22-33,35-41,69-70,72-73H,13-21,54H2,1-12H3,(H2,55,74)(H,59,79)(H,60,77)(H,61,75)(H,62,82)(H,63,83)(H,64,71)(H,65,76)(H,66,80)(H,67,78)(H,68,81)(H4,56,57,58)/t26-,27-,28+,29+,30+,31-,32-,33-,35-,36-,37-,38-,39-,40+,41-/m0/s1. The number of nitrogens with two attached hydrogens (primary N) is 4. The van der Waals surface area contributed by atoms with Crippen molar-refractivity contribution in [1.82, 2.24) is 53.2 Å². The van der Waals surface area contributed by atoms with Crippen molar-refractivity contribution in [2.75, 3.05) is 19.7 Å². The molecule has 0 aromatic rings. The summed E-state index contributed by atoms with van der Waals surface area (Å²) in [5.41, 5.74) is 22.5. The Kier molecular flexibility index (Phi) is 32.5. The Hall–Kier alpha value is -7.29. The van der Waals surface area contributed by atoms with E-state index in [9.17, 15) is 78.0 Å². The minimum Gasteiger partial charge on any atom is -0.458 e. The number of nitrogens with one attached hydrogen (secondary N) is 10. The highest BCUT2D eigenvalue weighted by atomic mass is 16.5. The molecule has 0 unspecified atom stereocenters. The van der Waals surface area contributed by atoms with E-state index < -0.39 is 181 Å². The van der Waals surface area contributed by atoms with Crippen LogP contribution in [0.2, 0.25) is 0 Å². The number of nitrogens with zero attached hydrogens (tertiary/aromatic N) is 1. The van der Waals surface area contributed by atoms with Gasteiger partial charge < -0.3 is 101 Å². The largest absolute Gasteiger partial charge is 0.458 e. The van der Waals surface area contributed by atoms with Gasteiger partial charge in [0.2, 0.25) is 65.0 Å². The fourth-order valence-corrected chi connectivity index (χ4v) is 8.52. The number of aliphatic hydroxyl groups is 4. The monoisotopic (exact) mass is 1210 g/mol. The molecule has 0 aromatic heterocycles. The van der Waals surface area contributed by atoms with E-state index in [2.05, 4.69) is 47.5 Å². The average molecular weight is 1210 g/mol. The van der Waals surface area contributed by atoms with Gasteiger partial charge in [-0.15, -0.1) is 0 Å². The molecule has 11 amide bonds. The van der Waals surface area contributed by atoms with E-state index in [0.29, 0.717) is 0 Å². The molecule has 1 heterocycles. The van der Waals surface area contributed by atoms with Crippen LogP contribution in [0.25, 0.3) is 0 Å². The summed E-state index contributed by atoms with van der Waals surface area (Å²) >= 11 is 0. The van der Waals surface area contributed by atoms with Gasteiger partial charge in [0.1, 0.15) is 54.4 Å². The molecule has 1 saturated heterocycles. The number of carbonyl (C=O) groups excluding carboxylic acids is 12. The SMILES string of the molecule is CC[C@H](C)[C@@H]1NC(=O)[C@@H](CCCN=C(N)N)NC(=O)[C@H](CC(C)C)NC(=O)[C@H]([C@H](O)C(C)C)NC(=O)[C@@H](NC(=O)[C@H](CC(C)C)NC(=O)[C@H](N)CC(C)C)[C@@H](C)OC(=O)[C@H](CO)NC(=O)[C@H]([C@H](O)C(N)=O)NC(=O)CNC(=O)[C@H]([C@H](C)O)NC1=O. The van der Waals surface area contributed by atoms with Crippen molar-refractivity contribution in [1.29, 1.82) is 0 Å². The lowest BCUT2D eigenvalue weighted by molar-refractivity contribution is -0.157. The van der Waals surface area contributed by atoms with Crippen LogP contribution in [0.1, 0.15) is 122 Å². The third-order valence-electron chi connectivity index (χ3n) is 13.5. The maximum atomic E-state index is 14.8. The molecule has 1 rings (SSSR count). The highest BCUT2D eigenvalue weighted by Gasteiger charge is 2.42. The summed E-state index contributed by atoms with van der Waals surface area (Å²) in [6, 6.07) is -17.4. The summed E-state index contributed by atoms with van der Waals surface area (Å²) in [6.07, 6.45) is -7.71. The zero-order valence-corrected chi connectivity index (χ0v) is 50.7.